The number of nitrogens with zero attached hydrogens (tertiary/aromatic N) is 6. The van der Waals surface area contributed by atoms with Gasteiger partial charge in [0.2, 0.25) is 5.88 Å². The first kappa shape index (κ1) is 27.6. The van der Waals surface area contributed by atoms with Crippen molar-refractivity contribution >= 4 is 22.2 Å². The minimum atomic E-state index is -0.381. The zero-order valence-corrected chi connectivity index (χ0v) is 25.8. The highest BCUT2D eigenvalue weighted by Gasteiger charge is 2.49. The Morgan fingerprint density at radius 3 is 2.74 bits per heavy atom. The number of rotatable bonds is 4. The van der Waals surface area contributed by atoms with Crippen molar-refractivity contribution in [3.05, 3.63) is 33.4 Å². The lowest BCUT2D eigenvalue weighted by molar-refractivity contribution is 0.0267. The molecule has 10 nitrogen and oxygen atoms in total. The fourth-order valence-electron chi connectivity index (χ4n) is 7.58. The third kappa shape index (κ3) is 4.38. The second-order valence-corrected chi connectivity index (χ2v) is 14.3. The Morgan fingerprint density at radius 2 is 2.00 bits per heavy atom. The van der Waals surface area contributed by atoms with Crippen molar-refractivity contribution in [3.63, 3.8) is 0 Å². The van der Waals surface area contributed by atoms with E-state index in [1.807, 2.05) is 6.07 Å². The monoisotopic (exact) mass is 588 g/mol. The van der Waals surface area contributed by atoms with E-state index in [1.54, 1.807) is 11.3 Å². The van der Waals surface area contributed by atoms with Crippen LogP contribution in [0.5, 0.6) is 5.88 Å². The summed E-state index contributed by atoms with van der Waals surface area (Å²) in [7, 11) is 2.18. The molecule has 11 heteroatoms. The second-order valence-electron chi connectivity index (χ2n) is 13.1. The van der Waals surface area contributed by atoms with Crippen LogP contribution >= 0.6 is 11.3 Å². The van der Waals surface area contributed by atoms with Gasteiger partial charge in [0.05, 0.1) is 16.5 Å². The number of hydrogen-bond donors (Lipinski definition) is 2. The van der Waals surface area contributed by atoms with Crippen molar-refractivity contribution in [1.82, 2.24) is 25.3 Å². The lowest BCUT2D eigenvalue weighted by Gasteiger charge is -2.44. The van der Waals surface area contributed by atoms with Crippen LogP contribution in [-0.4, -0.2) is 70.9 Å². The number of ether oxygens (including phenoxy) is 1. The number of likely N-dealkylation sites (N-methyl/N-ethyl adjacent to an activating group) is 1. The van der Waals surface area contributed by atoms with Crippen molar-refractivity contribution in [2.45, 2.75) is 88.8 Å². The molecule has 0 saturated carbocycles. The Bertz CT molecular complexity index is 1550. The fraction of sp³-hybridized carbons (Fsp3) is 0.613. The van der Waals surface area contributed by atoms with Crippen LogP contribution in [0.25, 0.3) is 11.5 Å². The standard InChI is InChI=1S/C31H40N8O2S/c1-18-17-38(4)12-7-13-39(18)23-14-24(40-22-16-34-30(22,2)3)36-29(35-23)26-19-8-5-10-31(27(19)41-37-26)11-6-9-21-25(31)20(15-32)28(33)42-21/h14,18,22,34H,5-13,16-17,33H2,1-4H3/t18-,22+,31-/m0/s1. The predicted octanol–water partition coefficient (Wildman–Crippen LogP) is 4.27. The molecule has 3 N–H and O–H groups in total. The molecule has 0 unspecified atom stereocenters. The van der Waals surface area contributed by atoms with E-state index >= 15 is 0 Å². The van der Waals surface area contributed by atoms with Gasteiger partial charge in [-0.1, -0.05) is 5.16 Å². The summed E-state index contributed by atoms with van der Waals surface area (Å²) in [6.07, 6.45) is 6.71. The number of anilines is 2. The van der Waals surface area contributed by atoms with E-state index in [0.29, 0.717) is 34.0 Å². The van der Waals surface area contributed by atoms with E-state index < -0.39 is 0 Å². The molecule has 5 heterocycles. The van der Waals surface area contributed by atoms with Gasteiger partial charge in [-0.25, -0.2) is 4.98 Å². The van der Waals surface area contributed by atoms with E-state index in [4.69, 9.17) is 25.0 Å². The molecule has 0 radical (unpaired) electrons. The lowest BCUT2D eigenvalue weighted by atomic mass is 9.63. The van der Waals surface area contributed by atoms with Crippen molar-refractivity contribution in [3.8, 4) is 23.5 Å². The van der Waals surface area contributed by atoms with E-state index in [1.165, 1.54) is 4.88 Å². The Labute approximate surface area is 251 Å². The molecule has 222 valence electrons. The van der Waals surface area contributed by atoms with Crippen molar-refractivity contribution < 1.29 is 9.26 Å². The summed E-state index contributed by atoms with van der Waals surface area (Å²) >= 11 is 1.56. The van der Waals surface area contributed by atoms with E-state index in [2.05, 4.69) is 54.2 Å². The molecule has 42 heavy (non-hydrogen) atoms. The molecule has 2 aliphatic carbocycles. The fourth-order valence-corrected chi connectivity index (χ4v) is 8.75. The van der Waals surface area contributed by atoms with Crippen LogP contribution in [0.3, 0.4) is 0 Å². The number of fused-ring (bicyclic) bond motifs is 4. The molecule has 2 saturated heterocycles. The van der Waals surface area contributed by atoms with Crippen LogP contribution in [0, 0.1) is 11.3 Å². The zero-order valence-electron chi connectivity index (χ0n) is 25.0. The maximum Gasteiger partial charge on any atom is 0.219 e. The summed E-state index contributed by atoms with van der Waals surface area (Å²) in [4.78, 5) is 16.1. The first-order valence-corrected chi connectivity index (χ1v) is 16.1. The largest absolute Gasteiger partial charge is 0.471 e. The summed E-state index contributed by atoms with van der Waals surface area (Å²) in [6.45, 7) is 10.3. The topological polar surface area (TPSA) is 129 Å². The van der Waals surface area contributed by atoms with Crippen LogP contribution < -0.4 is 20.7 Å². The minimum Gasteiger partial charge on any atom is -0.471 e. The molecule has 4 aliphatic rings. The molecular weight excluding hydrogens is 548 g/mol. The number of hydrogen-bond acceptors (Lipinski definition) is 11. The predicted molar refractivity (Wildman–Crippen MR) is 163 cm³/mol. The summed E-state index contributed by atoms with van der Waals surface area (Å²) in [5.41, 5.74) is 9.28. The average molecular weight is 589 g/mol. The van der Waals surface area contributed by atoms with Gasteiger partial charge in [0, 0.05) is 42.2 Å². The van der Waals surface area contributed by atoms with Crippen LogP contribution in [-0.2, 0) is 18.3 Å². The van der Waals surface area contributed by atoms with Gasteiger partial charge in [0.15, 0.2) is 17.3 Å². The highest BCUT2D eigenvalue weighted by Crippen LogP contribution is 2.55. The van der Waals surface area contributed by atoms with Gasteiger partial charge in [-0.3, -0.25) is 0 Å². The Hall–Kier alpha value is -3.20. The Kier molecular flexibility index (Phi) is 6.72. The SMILES string of the molecule is C[C@H]1CN(C)CCCN1c1cc(O[C@@H]2CNC2(C)C)nc(-c2noc3c2CCC[C@@]32CCCc3sc(N)c(C#N)c32)n1. The van der Waals surface area contributed by atoms with Gasteiger partial charge in [-0.15, -0.1) is 11.3 Å². The van der Waals surface area contributed by atoms with Crippen molar-refractivity contribution in [1.29, 1.82) is 5.26 Å². The van der Waals surface area contributed by atoms with Gasteiger partial charge in [0.1, 0.15) is 23.0 Å². The Morgan fingerprint density at radius 1 is 1.19 bits per heavy atom. The first-order valence-electron chi connectivity index (χ1n) is 15.3. The number of nitrogen functional groups attached to an aromatic ring is 1. The maximum atomic E-state index is 10.1. The molecule has 0 bridgehead atoms. The number of thiophene rings is 1. The van der Waals surface area contributed by atoms with Crippen molar-refractivity contribution in [2.24, 2.45) is 0 Å². The molecular formula is C31H40N8O2S. The number of nitrogens with one attached hydrogen (secondary N) is 1. The van der Waals surface area contributed by atoms with E-state index in [0.717, 1.165) is 93.8 Å². The quantitative estimate of drug-likeness (QED) is 0.456. The van der Waals surface area contributed by atoms with Gasteiger partial charge >= 0.3 is 0 Å². The average Bonchev–Trinajstić information content (AvgIpc) is 3.50. The summed E-state index contributed by atoms with van der Waals surface area (Å²) in [5, 5.41) is 18.8. The third-order valence-corrected chi connectivity index (χ3v) is 11.0. The van der Waals surface area contributed by atoms with Crippen LogP contribution in [0.1, 0.15) is 80.2 Å². The van der Waals surface area contributed by atoms with Crippen LogP contribution in [0.4, 0.5) is 10.8 Å². The minimum absolute atomic E-state index is 0.0180. The number of nitriles is 1. The second kappa shape index (κ2) is 10.2. The van der Waals surface area contributed by atoms with Crippen LogP contribution in [0.2, 0.25) is 0 Å². The smallest absolute Gasteiger partial charge is 0.219 e. The molecule has 3 aromatic rings. The molecule has 0 aromatic carbocycles. The van der Waals surface area contributed by atoms with E-state index in [-0.39, 0.29) is 17.1 Å². The normalized spacial score (nSPS) is 27.1. The molecule has 3 atom stereocenters. The molecule has 3 aromatic heterocycles. The first-order chi connectivity index (χ1) is 20.2. The van der Waals surface area contributed by atoms with E-state index in [9.17, 15) is 5.26 Å². The van der Waals surface area contributed by atoms with Gasteiger partial charge < -0.3 is 30.1 Å². The molecule has 7 rings (SSSR count). The van der Waals surface area contributed by atoms with Crippen LogP contribution in [0.15, 0.2) is 10.6 Å². The van der Waals surface area contributed by atoms with Gasteiger partial charge in [0.25, 0.3) is 0 Å². The molecule has 2 aliphatic heterocycles. The summed E-state index contributed by atoms with van der Waals surface area (Å²) in [5.74, 6) is 2.84. The summed E-state index contributed by atoms with van der Waals surface area (Å²) in [6, 6.07) is 4.70. The number of aryl methyl sites for hydroxylation is 1. The molecule has 2 fully saturated rings. The zero-order chi connectivity index (χ0) is 29.2. The number of nitrogens with two attached hydrogens (primary N) is 1. The van der Waals surface area contributed by atoms with Gasteiger partial charge in [-0.2, -0.15) is 10.2 Å². The third-order valence-electron chi connectivity index (χ3n) is 9.91. The Balaban J connectivity index is 1.33. The van der Waals surface area contributed by atoms with Gasteiger partial charge in [-0.05, 0) is 84.9 Å². The maximum absolute atomic E-state index is 10.1. The highest BCUT2D eigenvalue weighted by molar-refractivity contribution is 7.16. The highest BCUT2D eigenvalue weighted by atomic mass is 32.1. The molecule has 1 spiro atoms. The summed E-state index contributed by atoms with van der Waals surface area (Å²) < 4.78 is 12.8. The molecule has 0 amide bonds. The number of aromatic nitrogens is 3. The lowest BCUT2D eigenvalue weighted by Crippen LogP contribution is -2.67. The van der Waals surface area contributed by atoms with Crippen molar-refractivity contribution in [2.75, 3.05) is 43.9 Å².